The number of hydrogen-bond donors (Lipinski definition) is 0. The number of rotatable bonds is 6. The van der Waals surface area contributed by atoms with E-state index in [1.54, 1.807) is 7.11 Å². The minimum atomic E-state index is 0.137. The molecule has 1 fully saturated rings. The van der Waals surface area contributed by atoms with E-state index in [1.807, 2.05) is 36.1 Å². The molecule has 0 aromatic heterocycles. The Kier molecular flexibility index (Phi) is 6.75. The first-order chi connectivity index (χ1) is 13.1. The summed E-state index contributed by atoms with van der Waals surface area (Å²) in [5, 5.41) is 0.533. The van der Waals surface area contributed by atoms with Gasteiger partial charge < -0.3 is 9.64 Å². The molecule has 27 heavy (non-hydrogen) atoms. The van der Waals surface area contributed by atoms with Crippen LogP contribution in [0.1, 0.15) is 31.7 Å². The molecule has 1 amide bonds. The summed E-state index contributed by atoms with van der Waals surface area (Å²) in [6.07, 6.45) is 2.40. The van der Waals surface area contributed by atoms with Gasteiger partial charge in [0.1, 0.15) is 5.75 Å². The summed E-state index contributed by atoms with van der Waals surface area (Å²) in [6.45, 7) is 4.84. The molecule has 3 rings (SSSR count). The third-order valence-electron chi connectivity index (χ3n) is 5.16. The van der Waals surface area contributed by atoms with Crippen molar-refractivity contribution in [3.05, 3.63) is 59.1 Å². The lowest BCUT2D eigenvalue weighted by molar-refractivity contribution is -0.119. The first kappa shape index (κ1) is 19.7. The van der Waals surface area contributed by atoms with E-state index in [2.05, 4.69) is 29.2 Å². The van der Waals surface area contributed by atoms with Crippen LogP contribution in [0.3, 0.4) is 0 Å². The molecule has 1 heterocycles. The molecule has 1 aliphatic heterocycles. The monoisotopic (exact) mass is 386 g/mol. The van der Waals surface area contributed by atoms with Gasteiger partial charge in [0.05, 0.1) is 12.1 Å². The molecule has 0 spiro atoms. The van der Waals surface area contributed by atoms with Gasteiger partial charge in [0.25, 0.3) is 0 Å². The van der Waals surface area contributed by atoms with Crippen LogP contribution in [0.15, 0.2) is 48.5 Å². The number of ether oxygens (including phenoxy) is 1. The van der Waals surface area contributed by atoms with Gasteiger partial charge in [-0.05, 0) is 36.6 Å². The average molecular weight is 387 g/mol. The van der Waals surface area contributed by atoms with Gasteiger partial charge in [0, 0.05) is 37.8 Å². The molecule has 144 valence electrons. The van der Waals surface area contributed by atoms with Crippen LogP contribution in [0, 0.1) is 0 Å². The quantitative estimate of drug-likeness (QED) is 0.717. The van der Waals surface area contributed by atoms with E-state index >= 15 is 0 Å². The van der Waals surface area contributed by atoms with Gasteiger partial charge in [0.2, 0.25) is 5.91 Å². The van der Waals surface area contributed by atoms with Gasteiger partial charge in [-0.3, -0.25) is 9.69 Å². The normalized spacial score (nSPS) is 15.5. The molecule has 2 aromatic carbocycles. The zero-order valence-electron chi connectivity index (χ0n) is 16.0. The van der Waals surface area contributed by atoms with Crippen LogP contribution in [0.25, 0.3) is 0 Å². The fourth-order valence-electron chi connectivity index (χ4n) is 3.71. The summed E-state index contributed by atoms with van der Waals surface area (Å²) in [7, 11) is 1.60. The number of halogens is 1. The van der Waals surface area contributed by atoms with Crippen molar-refractivity contribution >= 4 is 23.2 Å². The molecule has 1 saturated heterocycles. The van der Waals surface area contributed by atoms with Gasteiger partial charge in [-0.1, -0.05) is 48.9 Å². The summed E-state index contributed by atoms with van der Waals surface area (Å²) in [5.41, 5.74) is 2.19. The van der Waals surface area contributed by atoms with E-state index in [1.165, 1.54) is 5.56 Å². The SMILES string of the molecule is CCC(=O)N(c1ccc(OC)c(Cl)c1)C1CCN(Cc2ccccc2)CC1. The molecule has 0 saturated carbocycles. The second-order valence-corrected chi connectivity index (χ2v) is 7.34. The van der Waals surface area contributed by atoms with Gasteiger partial charge in [-0.15, -0.1) is 0 Å². The van der Waals surface area contributed by atoms with Crippen molar-refractivity contribution in [3.63, 3.8) is 0 Å². The minimum Gasteiger partial charge on any atom is -0.495 e. The van der Waals surface area contributed by atoms with E-state index in [-0.39, 0.29) is 11.9 Å². The molecule has 5 heteroatoms. The molecule has 2 aromatic rings. The highest BCUT2D eigenvalue weighted by Crippen LogP contribution is 2.32. The molecular formula is C22H27ClN2O2. The first-order valence-electron chi connectivity index (χ1n) is 9.54. The molecule has 0 aliphatic carbocycles. The average Bonchev–Trinajstić information content (AvgIpc) is 2.70. The molecule has 0 unspecified atom stereocenters. The number of nitrogens with zero attached hydrogens (tertiary/aromatic N) is 2. The van der Waals surface area contributed by atoms with Gasteiger partial charge in [-0.25, -0.2) is 0 Å². The summed E-state index contributed by atoms with van der Waals surface area (Å²) < 4.78 is 5.24. The van der Waals surface area contributed by atoms with Crippen molar-refractivity contribution in [2.75, 3.05) is 25.1 Å². The van der Waals surface area contributed by atoms with Crippen molar-refractivity contribution in [1.29, 1.82) is 0 Å². The van der Waals surface area contributed by atoms with Crippen LogP contribution in [0.5, 0.6) is 5.75 Å². The summed E-state index contributed by atoms with van der Waals surface area (Å²) in [6, 6.07) is 16.3. The standard InChI is InChI=1S/C22H27ClN2O2/c1-3-22(26)25(19-9-10-21(27-2)20(23)15-19)18-11-13-24(14-12-18)16-17-7-5-4-6-8-17/h4-10,15,18H,3,11-14,16H2,1-2H3. The number of piperidine rings is 1. The van der Waals surface area contributed by atoms with Crippen molar-refractivity contribution in [2.24, 2.45) is 0 Å². The number of hydrogen-bond acceptors (Lipinski definition) is 3. The van der Waals surface area contributed by atoms with Crippen molar-refractivity contribution in [2.45, 2.75) is 38.8 Å². The number of anilines is 1. The van der Waals surface area contributed by atoms with Crippen molar-refractivity contribution in [3.8, 4) is 5.75 Å². The van der Waals surface area contributed by atoms with Crippen molar-refractivity contribution in [1.82, 2.24) is 4.90 Å². The van der Waals surface area contributed by atoms with Gasteiger partial charge in [0.15, 0.2) is 0 Å². The highest BCUT2D eigenvalue weighted by Gasteiger charge is 2.28. The first-order valence-corrected chi connectivity index (χ1v) is 9.92. The molecular weight excluding hydrogens is 360 g/mol. The highest BCUT2D eigenvalue weighted by atomic mass is 35.5. The Morgan fingerprint density at radius 2 is 1.89 bits per heavy atom. The number of benzene rings is 2. The second kappa shape index (κ2) is 9.25. The topological polar surface area (TPSA) is 32.8 Å². The fraction of sp³-hybridized carbons (Fsp3) is 0.409. The van der Waals surface area contributed by atoms with Crippen LogP contribution in [0.4, 0.5) is 5.69 Å². The number of carbonyl (C=O) groups excluding carboxylic acids is 1. The second-order valence-electron chi connectivity index (χ2n) is 6.93. The summed E-state index contributed by atoms with van der Waals surface area (Å²) >= 11 is 6.30. The van der Waals surface area contributed by atoms with Crippen molar-refractivity contribution < 1.29 is 9.53 Å². The third kappa shape index (κ3) is 4.82. The van der Waals surface area contributed by atoms with Crippen LogP contribution < -0.4 is 9.64 Å². The Hall–Kier alpha value is -2.04. The third-order valence-corrected chi connectivity index (χ3v) is 5.45. The smallest absolute Gasteiger partial charge is 0.226 e. The van der Waals surface area contributed by atoms with E-state index in [0.717, 1.165) is 38.2 Å². The lowest BCUT2D eigenvalue weighted by Gasteiger charge is -2.38. The molecule has 0 N–H and O–H groups in total. The maximum atomic E-state index is 12.7. The van der Waals surface area contributed by atoms with Crippen LogP contribution in [-0.2, 0) is 11.3 Å². The Bertz CT molecular complexity index is 758. The molecule has 1 aliphatic rings. The Morgan fingerprint density at radius 3 is 2.48 bits per heavy atom. The Morgan fingerprint density at radius 1 is 1.19 bits per heavy atom. The van der Waals surface area contributed by atoms with E-state index in [4.69, 9.17) is 16.3 Å². The van der Waals surface area contributed by atoms with Crippen LogP contribution >= 0.6 is 11.6 Å². The predicted molar refractivity (Wildman–Crippen MR) is 111 cm³/mol. The minimum absolute atomic E-state index is 0.137. The van der Waals surface area contributed by atoms with Gasteiger partial charge in [-0.2, -0.15) is 0 Å². The summed E-state index contributed by atoms with van der Waals surface area (Å²) in [4.78, 5) is 17.1. The van der Waals surface area contributed by atoms with Crippen LogP contribution in [0.2, 0.25) is 5.02 Å². The number of methoxy groups -OCH3 is 1. The highest BCUT2D eigenvalue weighted by molar-refractivity contribution is 6.32. The van der Waals surface area contributed by atoms with E-state index in [0.29, 0.717) is 17.2 Å². The summed E-state index contributed by atoms with van der Waals surface area (Å²) in [5.74, 6) is 0.764. The zero-order chi connectivity index (χ0) is 19.2. The number of carbonyl (C=O) groups is 1. The number of amides is 1. The lowest BCUT2D eigenvalue weighted by Crippen LogP contribution is -2.47. The molecule has 0 atom stereocenters. The maximum Gasteiger partial charge on any atom is 0.226 e. The Balaban J connectivity index is 1.70. The maximum absolute atomic E-state index is 12.7. The zero-order valence-corrected chi connectivity index (χ0v) is 16.8. The molecule has 0 bridgehead atoms. The van der Waals surface area contributed by atoms with Crippen LogP contribution in [-0.4, -0.2) is 37.0 Å². The lowest BCUT2D eigenvalue weighted by atomic mass is 10.0. The Labute approximate surface area is 166 Å². The largest absolute Gasteiger partial charge is 0.495 e. The van der Waals surface area contributed by atoms with E-state index in [9.17, 15) is 4.79 Å². The van der Waals surface area contributed by atoms with Gasteiger partial charge >= 0.3 is 0 Å². The molecule has 0 radical (unpaired) electrons. The fourth-order valence-corrected chi connectivity index (χ4v) is 3.96. The van der Waals surface area contributed by atoms with E-state index < -0.39 is 0 Å². The number of likely N-dealkylation sites (tertiary alicyclic amines) is 1. The predicted octanol–water partition coefficient (Wildman–Crippen LogP) is 4.76. The molecule has 4 nitrogen and oxygen atoms in total.